The summed E-state index contributed by atoms with van der Waals surface area (Å²) < 4.78 is 29.1. The Balaban J connectivity index is 0.000000178. The van der Waals surface area contributed by atoms with Crippen LogP contribution in [0.25, 0.3) is 20.7 Å². The molecule has 0 bridgehead atoms. The average molecular weight is 954 g/mol. The van der Waals surface area contributed by atoms with Crippen LogP contribution < -0.4 is 21.7 Å². The smallest absolute Gasteiger partial charge is 0.189 e. The monoisotopic (exact) mass is 952 g/mol. The average Bonchev–Trinajstić information content (AvgIpc) is 3.90. The number of thioether (sulfide) groups is 1. The van der Waals surface area contributed by atoms with Gasteiger partial charge in [-0.05, 0) is 106 Å². The molecule has 0 aliphatic rings. The van der Waals surface area contributed by atoms with Crippen LogP contribution in [0.5, 0.6) is 0 Å². The minimum atomic E-state index is -0.506. The van der Waals surface area contributed by atoms with Crippen molar-refractivity contribution in [1.82, 2.24) is 29.7 Å². The maximum absolute atomic E-state index is 13.5. The Morgan fingerprint density at radius 3 is 1.56 bits per heavy atom. The zero-order valence-corrected chi connectivity index (χ0v) is 39.0. The first-order chi connectivity index (χ1) is 30.7. The summed E-state index contributed by atoms with van der Waals surface area (Å²) >= 11 is 16.0. The van der Waals surface area contributed by atoms with E-state index in [0.29, 0.717) is 55.0 Å². The highest BCUT2D eigenvalue weighted by Gasteiger charge is 2.17. The Bertz CT molecular complexity index is 2970. The molecule has 8 aromatic rings. The number of nitrogens with one attached hydrogen (secondary N) is 3. The number of pyridine rings is 2. The fourth-order valence-corrected chi connectivity index (χ4v) is 8.72. The molecule has 326 valence electrons. The van der Waals surface area contributed by atoms with Crippen LogP contribution in [0.1, 0.15) is 22.3 Å². The highest BCUT2D eigenvalue weighted by molar-refractivity contribution is 8.00. The zero-order valence-electron chi connectivity index (χ0n) is 35.0. The van der Waals surface area contributed by atoms with Crippen LogP contribution in [-0.4, -0.2) is 64.2 Å². The molecule has 0 atom stereocenters. The highest BCUT2D eigenvalue weighted by Crippen LogP contribution is 2.38. The number of anilines is 7. The third kappa shape index (κ3) is 12.5. The molecule has 4 aromatic heterocycles. The number of nitriles is 2. The van der Waals surface area contributed by atoms with Gasteiger partial charge in [-0.2, -0.15) is 15.5 Å². The molecule has 19 heteroatoms. The topological polar surface area (TPSA) is 168 Å². The van der Waals surface area contributed by atoms with Crippen molar-refractivity contribution >= 4 is 118 Å². The van der Waals surface area contributed by atoms with Gasteiger partial charge in [0.25, 0.3) is 0 Å². The lowest BCUT2D eigenvalue weighted by Crippen LogP contribution is -2.10. The first kappa shape index (κ1) is 47.3. The Kier molecular flexibility index (Phi) is 16.2. The second-order valence-electron chi connectivity index (χ2n) is 14.4. The van der Waals surface area contributed by atoms with Crippen LogP contribution in [0.15, 0.2) is 102 Å². The number of benzene rings is 4. The molecule has 0 fully saturated rings. The van der Waals surface area contributed by atoms with Gasteiger partial charge in [0.05, 0.1) is 37.2 Å². The number of hydrogen-bond acceptors (Lipinski definition) is 15. The van der Waals surface area contributed by atoms with E-state index in [4.69, 9.17) is 28.9 Å². The molecule has 12 nitrogen and oxygen atoms in total. The number of nitrogens with two attached hydrogens (primary N) is 1. The van der Waals surface area contributed by atoms with Gasteiger partial charge < -0.3 is 31.5 Å². The second-order valence-corrected chi connectivity index (χ2v) is 18.2. The molecule has 0 amide bonds. The third-order valence-electron chi connectivity index (χ3n) is 8.80. The fourth-order valence-electron chi connectivity index (χ4n) is 5.90. The Morgan fingerprint density at radius 1 is 0.656 bits per heavy atom. The van der Waals surface area contributed by atoms with E-state index in [1.54, 1.807) is 12.1 Å². The second kappa shape index (κ2) is 22.0. The lowest BCUT2D eigenvalue weighted by molar-refractivity contribution is 0.402. The summed E-state index contributed by atoms with van der Waals surface area (Å²) in [6.45, 7) is 1.84. The van der Waals surface area contributed by atoms with E-state index in [1.165, 1.54) is 82.2 Å². The lowest BCUT2D eigenvalue weighted by atomic mass is 10.2. The van der Waals surface area contributed by atoms with Crippen LogP contribution in [0, 0.1) is 34.3 Å². The first-order valence-electron chi connectivity index (χ1n) is 19.1. The Labute approximate surface area is 391 Å². The molecule has 0 saturated carbocycles. The zero-order chi connectivity index (χ0) is 45.9. The summed E-state index contributed by atoms with van der Waals surface area (Å²) in [4.78, 5) is 21.6. The van der Waals surface area contributed by atoms with E-state index in [0.717, 1.165) is 33.5 Å². The Morgan fingerprint density at radius 2 is 1.11 bits per heavy atom. The SMILES string of the molecule is CN(C)Cc1ccc(N)cc1.CN(C)Cc1ccc(Nc2nc3ncc(C#N)c(Nc4ccc(F)c(Cl)c4)c3s2)cc1.CSc1nc2ncc(C#N)c(Nc3ccc(F)c(Cl)c3)c2s1. The molecule has 4 heterocycles. The maximum Gasteiger partial charge on any atom is 0.189 e. The van der Waals surface area contributed by atoms with E-state index in [-0.39, 0.29) is 10.0 Å². The van der Waals surface area contributed by atoms with Crippen LogP contribution in [0.2, 0.25) is 10.0 Å². The van der Waals surface area contributed by atoms with E-state index < -0.39 is 11.6 Å². The number of halogens is 4. The van der Waals surface area contributed by atoms with E-state index in [9.17, 15) is 19.3 Å². The minimum absolute atomic E-state index is 0.00168. The molecule has 0 radical (unpaired) electrons. The van der Waals surface area contributed by atoms with Gasteiger partial charge >= 0.3 is 0 Å². The minimum Gasteiger partial charge on any atom is -0.399 e. The van der Waals surface area contributed by atoms with Gasteiger partial charge in [0.15, 0.2) is 20.8 Å². The quantitative estimate of drug-likeness (QED) is 0.0715. The molecular formula is C45H40Cl2F2N12S3. The number of nitrogens with zero attached hydrogens (tertiary/aromatic N) is 8. The van der Waals surface area contributed by atoms with Gasteiger partial charge in [-0.1, -0.05) is 70.6 Å². The molecule has 0 spiro atoms. The van der Waals surface area contributed by atoms with Crippen molar-refractivity contribution < 1.29 is 8.78 Å². The lowest BCUT2D eigenvalue weighted by Gasteiger charge is -2.10. The predicted octanol–water partition coefficient (Wildman–Crippen LogP) is 12.1. The number of nitrogen functional groups attached to an aromatic ring is 1. The number of hydrogen-bond donors (Lipinski definition) is 4. The molecule has 5 N–H and O–H groups in total. The van der Waals surface area contributed by atoms with Gasteiger partial charge in [0.1, 0.15) is 28.5 Å². The number of fused-ring (bicyclic) bond motifs is 2. The normalized spacial score (nSPS) is 10.8. The molecule has 0 aliphatic carbocycles. The predicted molar refractivity (Wildman–Crippen MR) is 261 cm³/mol. The summed E-state index contributed by atoms with van der Waals surface area (Å²) in [5.41, 5.74) is 13.9. The summed E-state index contributed by atoms with van der Waals surface area (Å²) in [5.74, 6) is -0.997. The van der Waals surface area contributed by atoms with Crippen molar-refractivity contribution in [2.75, 3.05) is 56.1 Å². The van der Waals surface area contributed by atoms with Crippen LogP contribution >= 0.6 is 57.6 Å². The number of thiazole rings is 2. The van der Waals surface area contributed by atoms with Gasteiger partial charge in [0, 0.05) is 48.2 Å². The highest BCUT2D eigenvalue weighted by atomic mass is 35.5. The standard InChI is InChI=1S/C22H18ClFN6S.C14H8ClFN4S2.C9H14N2/c1-30(2)12-13-3-5-15(6-4-13)28-22-29-21-20(31-22)19(14(10-25)11-26-21)27-16-7-8-18(24)17(23)9-16;1-21-14-20-13-12(22-14)11(7(5-17)6-18-13)19-8-2-3-10(16)9(15)4-8;1-11(2)7-8-3-5-9(10)6-4-8/h3-9,11H,12H2,1-2H3,(H2,26,27,28,29);2-4,6H,1H3,(H,18,19);3-6H,7,10H2,1-2H3. The number of aromatic nitrogens is 4. The molecule has 0 saturated heterocycles. The summed E-state index contributed by atoms with van der Waals surface area (Å²) in [6.07, 6.45) is 4.87. The van der Waals surface area contributed by atoms with Crippen molar-refractivity contribution in [2.45, 2.75) is 17.4 Å². The van der Waals surface area contributed by atoms with Crippen molar-refractivity contribution in [3.05, 3.63) is 141 Å². The summed E-state index contributed by atoms with van der Waals surface area (Å²) in [5, 5.41) is 29.1. The molecule has 0 unspecified atom stereocenters. The first-order valence-corrected chi connectivity index (χ1v) is 22.7. The maximum atomic E-state index is 13.5. The van der Waals surface area contributed by atoms with Gasteiger partial charge in [-0.15, -0.1) is 11.3 Å². The molecule has 64 heavy (non-hydrogen) atoms. The van der Waals surface area contributed by atoms with Gasteiger partial charge in [0.2, 0.25) is 0 Å². The molecule has 0 aliphatic heterocycles. The van der Waals surface area contributed by atoms with Gasteiger partial charge in [-0.25, -0.2) is 23.7 Å². The molecular weight excluding hydrogens is 914 g/mol. The summed E-state index contributed by atoms with van der Waals surface area (Å²) in [7, 11) is 8.16. The Hall–Kier alpha value is -6.15. The third-order valence-corrected chi connectivity index (χ3v) is 12.4. The van der Waals surface area contributed by atoms with Crippen molar-refractivity contribution in [3.8, 4) is 12.1 Å². The van der Waals surface area contributed by atoms with Crippen LogP contribution in [-0.2, 0) is 13.1 Å². The van der Waals surface area contributed by atoms with E-state index in [1.807, 2.05) is 44.6 Å². The molecule has 4 aromatic carbocycles. The van der Waals surface area contributed by atoms with Crippen LogP contribution in [0.4, 0.5) is 48.0 Å². The summed E-state index contributed by atoms with van der Waals surface area (Å²) in [6, 6.07) is 28.9. The van der Waals surface area contributed by atoms with Gasteiger partial charge in [-0.3, -0.25) is 0 Å². The van der Waals surface area contributed by atoms with Crippen LogP contribution in [0.3, 0.4) is 0 Å². The fraction of sp³-hybridized carbons (Fsp3) is 0.156. The van der Waals surface area contributed by atoms with Crippen molar-refractivity contribution in [2.24, 2.45) is 0 Å². The van der Waals surface area contributed by atoms with Crippen molar-refractivity contribution in [3.63, 3.8) is 0 Å². The van der Waals surface area contributed by atoms with E-state index >= 15 is 0 Å². The molecule has 8 rings (SSSR count). The van der Waals surface area contributed by atoms with Crippen molar-refractivity contribution in [1.29, 1.82) is 10.5 Å². The number of rotatable bonds is 11. The van der Waals surface area contributed by atoms with E-state index in [2.05, 4.69) is 96.2 Å². The largest absolute Gasteiger partial charge is 0.399 e.